The maximum Gasteiger partial charge on any atom is 0.0364 e. The topological polar surface area (TPSA) is 15.3 Å². The molecule has 0 saturated heterocycles. The molecule has 12 heavy (non-hydrogen) atoms. The summed E-state index contributed by atoms with van der Waals surface area (Å²) in [5.41, 5.74) is 1.24. The van der Waals surface area contributed by atoms with Gasteiger partial charge in [-0.2, -0.15) is 0 Å². The van der Waals surface area contributed by atoms with Crippen LogP contribution in [0.5, 0.6) is 0 Å². The zero-order valence-corrected chi connectivity index (χ0v) is 7.67. The third-order valence-corrected chi connectivity index (χ3v) is 1.84. The van der Waals surface area contributed by atoms with Gasteiger partial charge in [-0.25, -0.2) is 0 Å². The standard InChI is InChI=1S/C10H15N2/c1-11-8-9-12(2)10-6-4-3-5-7-10/h4-7,11H,8-9H2,1-2H3. The van der Waals surface area contributed by atoms with Crippen molar-refractivity contribution in [1.29, 1.82) is 0 Å². The smallest absolute Gasteiger partial charge is 0.0364 e. The van der Waals surface area contributed by atoms with Crippen molar-refractivity contribution in [3.8, 4) is 0 Å². The fourth-order valence-electron chi connectivity index (χ4n) is 1.04. The van der Waals surface area contributed by atoms with Crippen molar-refractivity contribution in [1.82, 2.24) is 5.32 Å². The van der Waals surface area contributed by atoms with Gasteiger partial charge in [0.2, 0.25) is 0 Å². The third kappa shape index (κ3) is 2.55. The molecule has 1 N–H and O–H groups in total. The average molecular weight is 163 g/mol. The molecule has 2 heteroatoms. The Morgan fingerprint density at radius 3 is 2.67 bits per heavy atom. The Bertz CT molecular complexity index is 208. The molecule has 0 atom stereocenters. The molecule has 0 aliphatic heterocycles. The summed E-state index contributed by atoms with van der Waals surface area (Å²) in [7, 11) is 4.05. The first kappa shape index (κ1) is 9.07. The number of rotatable bonds is 4. The van der Waals surface area contributed by atoms with E-state index in [0.717, 1.165) is 13.1 Å². The van der Waals surface area contributed by atoms with Gasteiger partial charge in [0, 0.05) is 25.8 Å². The Labute approximate surface area is 74.2 Å². The monoisotopic (exact) mass is 163 g/mol. The van der Waals surface area contributed by atoms with E-state index in [4.69, 9.17) is 0 Å². The Balaban J connectivity index is 2.48. The summed E-state index contributed by atoms with van der Waals surface area (Å²) in [6.07, 6.45) is 0. The van der Waals surface area contributed by atoms with E-state index in [1.165, 1.54) is 5.69 Å². The molecule has 0 spiro atoms. The molecule has 2 nitrogen and oxygen atoms in total. The molecule has 0 aromatic heterocycles. The molecule has 0 heterocycles. The van der Waals surface area contributed by atoms with Crippen LogP contribution in [0.1, 0.15) is 0 Å². The summed E-state index contributed by atoms with van der Waals surface area (Å²) in [5.74, 6) is 0. The van der Waals surface area contributed by atoms with Crippen LogP contribution in [0, 0.1) is 6.07 Å². The van der Waals surface area contributed by atoms with Gasteiger partial charge in [-0.15, -0.1) is 0 Å². The second-order valence-electron chi connectivity index (χ2n) is 2.78. The van der Waals surface area contributed by atoms with Crippen LogP contribution in [0.2, 0.25) is 0 Å². The van der Waals surface area contributed by atoms with E-state index in [2.05, 4.69) is 35.5 Å². The highest BCUT2D eigenvalue weighted by Gasteiger charge is 1.96. The van der Waals surface area contributed by atoms with Gasteiger partial charge in [0.1, 0.15) is 0 Å². The first-order chi connectivity index (χ1) is 5.84. The van der Waals surface area contributed by atoms with Gasteiger partial charge >= 0.3 is 0 Å². The predicted octanol–water partition coefficient (Wildman–Crippen LogP) is 1.14. The molecule has 1 aromatic carbocycles. The van der Waals surface area contributed by atoms with Crippen molar-refractivity contribution in [3.05, 3.63) is 30.3 Å². The molecule has 0 bridgehead atoms. The summed E-state index contributed by atoms with van der Waals surface area (Å²) >= 11 is 0. The Kier molecular flexibility index (Phi) is 3.61. The lowest BCUT2D eigenvalue weighted by atomic mass is 10.3. The first-order valence-electron chi connectivity index (χ1n) is 4.16. The van der Waals surface area contributed by atoms with Crippen LogP contribution in [0.25, 0.3) is 0 Å². The lowest BCUT2D eigenvalue weighted by Gasteiger charge is -2.18. The van der Waals surface area contributed by atoms with E-state index in [-0.39, 0.29) is 0 Å². The number of likely N-dealkylation sites (N-methyl/N-ethyl adjacent to an activating group) is 2. The molecule has 0 fully saturated rings. The SMILES string of the molecule is CNCCN(C)c1cc[c]cc1. The fourth-order valence-corrected chi connectivity index (χ4v) is 1.04. The zero-order valence-electron chi connectivity index (χ0n) is 7.67. The number of hydrogen-bond donors (Lipinski definition) is 1. The second kappa shape index (κ2) is 4.78. The molecule has 0 unspecified atom stereocenters. The van der Waals surface area contributed by atoms with Gasteiger partial charge in [0.15, 0.2) is 0 Å². The number of anilines is 1. The number of benzene rings is 1. The predicted molar refractivity (Wildman–Crippen MR) is 52.5 cm³/mol. The van der Waals surface area contributed by atoms with Gasteiger partial charge in [0.05, 0.1) is 0 Å². The van der Waals surface area contributed by atoms with Gasteiger partial charge in [-0.1, -0.05) is 12.1 Å². The quantitative estimate of drug-likeness (QED) is 0.716. The molecule has 0 amide bonds. The minimum absolute atomic E-state index is 1.01. The largest absolute Gasteiger partial charge is 0.373 e. The van der Waals surface area contributed by atoms with Gasteiger partial charge in [-0.3, -0.25) is 0 Å². The number of hydrogen-bond acceptors (Lipinski definition) is 2. The van der Waals surface area contributed by atoms with Crippen LogP contribution in [0.3, 0.4) is 0 Å². The van der Waals surface area contributed by atoms with Gasteiger partial charge in [-0.05, 0) is 25.2 Å². The summed E-state index contributed by atoms with van der Waals surface area (Å²) in [5, 5.41) is 3.12. The molecule has 65 valence electrons. The van der Waals surface area contributed by atoms with Crippen LogP contribution in [0.15, 0.2) is 24.3 Å². The first-order valence-corrected chi connectivity index (χ1v) is 4.16. The molecule has 1 radical (unpaired) electrons. The lowest BCUT2D eigenvalue weighted by Crippen LogP contribution is -2.26. The highest BCUT2D eigenvalue weighted by molar-refractivity contribution is 5.44. The Morgan fingerprint density at radius 1 is 1.42 bits per heavy atom. The molecule has 0 saturated carbocycles. The highest BCUT2D eigenvalue weighted by atomic mass is 15.1. The van der Waals surface area contributed by atoms with Crippen molar-refractivity contribution in [3.63, 3.8) is 0 Å². The number of nitrogens with one attached hydrogen (secondary N) is 1. The van der Waals surface area contributed by atoms with Crippen LogP contribution >= 0.6 is 0 Å². The minimum Gasteiger partial charge on any atom is -0.373 e. The lowest BCUT2D eigenvalue weighted by molar-refractivity contribution is 0.768. The molecular weight excluding hydrogens is 148 g/mol. The molecule has 0 aliphatic carbocycles. The highest BCUT2D eigenvalue weighted by Crippen LogP contribution is 2.09. The van der Waals surface area contributed by atoms with Crippen LogP contribution < -0.4 is 10.2 Å². The molecular formula is C10H15N2. The van der Waals surface area contributed by atoms with E-state index in [0.29, 0.717) is 0 Å². The normalized spacial score (nSPS) is 9.83. The third-order valence-electron chi connectivity index (χ3n) is 1.84. The number of nitrogens with zero attached hydrogens (tertiary/aromatic N) is 1. The van der Waals surface area contributed by atoms with Crippen LogP contribution in [-0.2, 0) is 0 Å². The van der Waals surface area contributed by atoms with Crippen molar-refractivity contribution in [2.24, 2.45) is 0 Å². The van der Waals surface area contributed by atoms with E-state index >= 15 is 0 Å². The molecule has 1 aromatic rings. The minimum atomic E-state index is 1.01. The van der Waals surface area contributed by atoms with E-state index < -0.39 is 0 Å². The van der Waals surface area contributed by atoms with Gasteiger partial charge in [0.25, 0.3) is 0 Å². The summed E-state index contributed by atoms with van der Waals surface area (Å²) < 4.78 is 0. The Morgan fingerprint density at radius 2 is 2.08 bits per heavy atom. The zero-order chi connectivity index (χ0) is 8.81. The van der Waals surface area contributed by atoms with Crippen molar-refractivity contribution in [2.45, 2.75) is 0 Å². The van der Waals surface area contributed by atoms with E-state index in [9.17, 15) is 0 Å². The van der Waals surface area contributed by atoms with Crippen molar-refractivity contribution >= 4 is 5.69 Å². The summed E-state index contributed by atoms with van der Waals surface area (Å²) in [6.45, 7) is 2.04. The van der Waals surface area contributed by atoms with Crippen LogP contribution in [-0.4, -0.2) is 27.2 Å². The van der Waals surface area contributed by atoms with Crippen LogP contribution in [0.4, 0.5) is 5.69 Å². The maximum atomic E-state index is 3.12. The molecule has 0 aliphatic rings. The van der Waals surface area contributed by atoms with E-state index in [1.807, 2.05) is 19.2 Å². The second-order valence-corrected chi connectivity index (χ2v) is 2.78. The van der Waals surface area contributed by atoms with E-state index in [1.54, 1.807) is 0 Å². The van der Waals surface area contributed by atoms with Crippen molar-refractivity contribution < 1.29 is 0 Å². The molecule has 1 rings (SSSR count). The van der Waals surface area contributed by atoms with Crippen molar-refractivity contribution in [2.75, 3.05) is 32.1 Å². The fraction of sp³-hybridized carbons (Fsp3) is 0.400. The summed E-state index contributed by atoms with van der Waals surface area (Å²) in [4.78, 5) is 2.21. The summed E-state index contributed by atoms with van der Waals surface area (Å²) in [6, 6.07) is 11.0. The van der Waals surface area contributed by atoms with Gasteiger partial charge < -0.3 is 10.2 Å². The average Bonchev–Trinajstić information content (AvgIpc) is 2.15. The Hall–Kier alpha value is -1.02. The maximum absolute atomic E-state index is 3.12.